The van der Waals surface area contributed by atoms with Crippen molar-refractivity contribution in [1.29, 1.82) is 0 Å². The van der Waals surface area contributed by atoms with Crippen LogP contribution in [0.1, 0.15) is 9.67 Å². The monoisotopic (exact) mass is 285 g/mol. The Labute approximate surface area is 106 Å². The van der Waals surface area contributed by atoms with Crippen molar-refractivity contribution in [3.63, 3.8) is 0 Å². The fraction of sp³-hybridized carbons (Fsp3) is 0. The number of carboxylic acids is 1. The van der Waals surface area contributed by atoms with Crippen LogP contribution >= 0.6 is 11.3 Å². The Morgan fingerprint density at radius 2 is 1.94 bits per heavy atom. The van der Waals surface area contributed by atoms with Crippen LogP contribution in [0.4, 0.5) is 5.95 Å². The summed E-state index contributed by atoms with van der Waals surface area (Å²) in [6.07, 6.45) is 2.78. The molecule has 0 saturated carbocycles. The second-order valence-electron chi connectivity index (χ2n) is 3.10. The Morgan fingerprint density at radius 3 is 2.50 bits per heavy atom. The van der Waals surface area contributed by atoms with Gasteiger partial charge in [-0.2, -0.15) is 0 Å². The van der Waals surface area contributed by atoms with Gasteiger partial charge in [-0.15, -0.1) is 11.3 Å². The molecule has 0 saturated heterocycles. The molecule has 94 valence electrons. The van der Waals surface area contributed by atoms with Gasteiger partial charge < -0.3 is 5.11 Å². The molecule has 2 N–H and O–H groups in total. The van der Waals surface area contributed by atoms with E-state index in [2.05, 4.69) is 14.7 Å². The summed E-state index contributed by atoms with van der Waals surface area (Å²) in [6.45, 7) is 0. The molecule has 0 fully saturated rings. The zero-order valence-electron chi connectivity index (χ0n) is 8.77. The topological polar surface area (TPSA) is 109 Å². The Bertz CT molecular complexity index is 666. The summed E-state index contributed by atoms with van der Waals surface area (Å²) < 4.78 is 25.8. The van der Waals surface area contributed by atoms with E-state index in [4.69, 9.17) is 5.11 Å². The molecule has 2 aromatic heterocycles. The van der Waals surface area contributed by atoms with E-state index < -0.39 is 16.0 Å². The molecular weight excluding hydrogens is 278 g/mol. The first-order chi connectivity index (χ1) is 8.49. The zero-order valence-corrected chi connectivity index (χ0v) is 10.4. The number of aromatic nitrogens is 2. The Kier molecular flexibility index (Phi) is 3.26. The van der Waals surface area contributed by atoms with Crippen LogP contribution in [0.2, 0.25) is 0 Å². The van der Waals surface area contributed by atoms with Gasteiger partial charge in [0.25, 0.3) is 10.0 Å². The Balaban J connectivity index is 2.28. The smallest absolute Gasteiger partial charge is 0.345 e. The highest BCUT2D eigenvalue weighted by atomic mass is 32.2. The van der Waals surface area contributed by atoms with E-state index in [0.29, 0.717) is 11.3 Å². The van der Waals surface area contributed by atoms with Gasteiger partial charge in [-0.25, -0.2) is 27.9 Å². The van der Waals surface area contributed by atoms with Gasteiger partial charge in [0.05, 0.1) is 0 Å². The molecule has 2 rings (SSSR count). The fourth-order valence-corrected chi connectivity index (χ4v) is 3.20. The van der Waals surface area contributed by atoms with Crippen molar-refractivity contribution in [1.82, 2.24) is 9.97 Å². The lowest BCUT2D eigenvalue weighted by Gasteiger charge is -2.02. The van der Waals surface area contributed by atoms with E-state index in [0.717, 1.165) is 0 Å². The molecule has 0 aliphatic rings. The highest BCUT2D eigenvalue weighted by molar-refractivity contribution is 7.94. The molecule has 7 nitrogen and oxygen atoms in total. The molecule has 18 heavy (non-hydrogen) atoms. The quantitative estimate of drug-likeness (QED) is 0.868. The van der Waals surface area contributed by atoms with Gasteiger partial charge in [0, 0.05) is 12.4 Å². The van der Waals surface area contributed by atoms with Crippen molar-refractivity contribution in [2.75, 3.05) is 4.72 Å². The Morgan fingerprint density at radius 1 is 1.28 bits per heavy atom. The van der Waals surface area contributed by atoms with Crippen LogP contribution in [0.3, 0.4) is 0 Å². The minimum Gasteiger partial charge on any atom is -0.477 e. The summed E-state index contributed by atoms with van der Waals surface area (Å²) in [5.41, 5.74) is 0. The number of nitrogens with one attached hydrogen (secondary N) is 1. The van der Waals surface area contributed by atoms with Gasteiger partial charge in [0.1, 0.15) is 9.09 Å². The molecule has 0 unspecified atom stereocenters. The molecular formula is C9H7N3O4S2. The number of anilines is 1. The molecule has 9 heteroatoms. The van der Waals surface area contributed by atoms with E-state index in [1.807, 2.05) is 0 Å². The van der Waals surface area contributed by atoms with Crippen LogP contribution < -0.4 is 4.72 Å². The number of rotatable bonds is 4. The predicted molar refractivity (Wildman–Crippen MR) is 64.1 cm³/mol. The van der Waals surface area contributed by atoms with E-state index in [-0.39, 0.29) is 15.0 Å². The average molecular weight is 285 g/mol. The lowest BCUT2D eigenvalue weighted by Crippen LogP contribution is -2.13. The van der Waals surface area contributed by atoms with Crippen LogP contribution in [-0.2, 0) is 10.0 Å². The van der Waals surface area contributed by atoms with Crippen molar-refractivity contribution in [2.24, 2.45) is 0 Å². The number of sulfonamides is 1. The molecule has 0 aliphatic carbocycles. The van der Waals surface area contributed by atoms with Crippen LogP contribution in [-0.4, -0.2) is 29.5 Å². The third kappa shape index (κ3) is 2.63. The second-order valence-corrected chi connectivity index (χ2v) is 6.09. The third-order valence-electron chi connectivity index (χ3n) is 1.85. The SMILES string of the molecule is O=C(O)c1ccc(S(=O)(=O)Nc2ncccn2)s1. The second kappa shape index (κ2) is 4.70. The van der Waals surface area contributed by atoms with Crippen LogP contribution in [0.5, 0.6) is 0 Å². The molecule has 0 atom stereocenters. The zero-order chi connectivity index (χ0) is 13.2. The lowest BCUT2D eigenvalue weighted by molar-refractivity contribution is 0.0702. The van der Waals surface area contributed by atoms with E-state index >= 15 is 0 Å². The van der Waals surface area contributed by atoms with Crippen molar-refractivity contribution in [3.05, 3.63) is 35.5 Å². The maximum absolute atomic E-state index is 11.9. The number of hydrogen-bond acceptors (Lipinski definition) is 6. The number of aromatic carboxylic acids is 1. The molecule has 0 aromatic carbocycles. The summed E-state index contributed by atoms with van der Waals surface area (Å²) >= 11 is 0.662. The summed E-state index contributed by atoms with van der Waals surface area (Å²) in [4.78, 5) is 18.1. The lowest BCUT2D eigenvalue weighted by atomic mass is 10.5. The summed E-state index contributed by atoms with van der Waals surface area (Å²) in [5, 5.41) is 8.72. The average Bonchev–Trinajstić information content (AvgIpc) is 2.79. The van der Waals surface area contributed by atoms with E-state index in [9.17, 15) is 13.2 Å². The third-order valence-corrected chi connectivity index (χ3v) is 4.74. The summed E-state index contributed by atoms with van der Waals surface area (Å²) in [5.74, 6) is -1.24. The first-order valence-corrected chi connectivity index (χ1v) is 6.92. The van der Waals surface area contributed by atoms with Crippen molar-refractivity contribution < 1.29 is 18.3 Å². The van der Waals surface area contributed by atoms with E-state index in [1.165, 1.54) is 24.5 Å². The number of nitrogens with zero attached hydrogens (tertiary/aromatic N) is 2. The predicted octanol–water partition coefficient (Wildman–Crippen LogP) is 1.04. The van der Waals surface area contributed by atoms with Gasteiger partial charge in [0.15, 0.2) is 0 Å². The van der Waals surface area contributed by atoms with Crippen molar-refractivity contribution >= 4 is 33.3 Å². The largest absolute Gasteiger partial charge is 0.477 e. The normalized spacial score (nSPS) is 11.1. The minimum atomic E-state index is -3.85. The highest BCUT2D eigenvalue weighted by Gasteiger charge is 2.19. The molecule has 2 heterocycles. The van der Waals surface area contributed by atoms with Gasteiger partial charge in [-0.3, -0.25) is 0 Å². The maximum atomic E-state index is 11.9. The first-order valence-electron chi connectivity index (χ1n) is 4.62. The van der Waals surface area contributed by atoms with Gasteiger partial charge in [-0.05, 0) is 18.2 Å². The molecule has 0 radical (unpaired) electrons. The standard InChI is InChI=1S/C9H7N3O4S2/c13-8(14)6-2-3-7(17-6)18(15,16)12-9-10-4-1-5-11-9/h1-5H,(H,13,14)(H,10,11,12). The maximum Gasteiger partial charge on any atom is 0.345 e. The molecule has 0 amide bonds. The van der Waals surface area contributed by atoms with Crippen LogP contribution in [0, 0.1) is 0 Å². The fourth-order valence-electron chi connectivity index (χ4n) is 1.10. The van der Waals surface area contributed by atoms with Gasteiger partial charge in [-0.1, -0.05) is 0 Å². The number of carboxylic acid groups (broad SMARTS) is 1. The van der Waals surface area contributed by atoms with E-state index in [1.54, 1.807) is 6.07 Å². The van der Waals surface area contributed by atoms with Gasteiger partial charge in [0.2, 0.25) is 5.95 Å². The minimum absolute atomic E-state index is 0.0515. The molecule has 0 bridgehead atoms. The van der Waals surface area contributed by atoms with Crippen molar-refractivity contribution in [2.45, 2.75) is 4.21 Å². The Hall–Kier alpha value is -2.00. The van der Waals surface area contributed by atoms with Crippen LogP contribution in [0.25, 0.3) is 0 Å². The summed E-state index contributed by atoms with van der Waals surface area (Å²) in [6, 6.07) is 4.00. The highest BCUT2D eigenvalue weighted by Crippen LogP contribution is 2.22. The molecule has 2 aromatic rings. The number of hydrogen-bond donors (Lipinski definition) is 2. The first kappa shape index (κ1) is 12.5. The molecule has 0 aliphatic heterocycles. The number of carbonyl (C=O) groups is 1. The summed E-state index contributed by atoms with van der Waals surface area (Å²) in [7, 11) is -3.85. The van der Waals surface area contributed by atoms with Gasteiger partial charge >= 0.3 is 5.97 Å². The van der Waals surface area contributed by atoms with Crippen molar-refractivity contribution in [3.8, 4) is 0 Å². The van der Waals surface area contributed by atoms with Crippen LogP contribution in [0.15, 0.2) is 34.8 Å². The molecule has 0 spiro atoms. The number of thiophene rings is 1.